The van der Waals surface area contributed by atoms with Crippen molar-refractivity contribution in [2.24, 2.45) is 0 Å². The van der Waals surface area contributed by atoms with Crippen LogP contribution in [0.25, 0.3) is 0 Å². The van der Waals surface area contributed by atoms with Crippen molar-refractivity contribution in [3.8, 4) is 5.75 Å². The fourth-order valence-electron chi connectivity index (χ4n) is 3.66. The maximum absolute atomic E-state index is 12.5. The van der Waals surface area contributed by atoms with E-state index in [0.29, 0.717) is 13.0 Å². The second-order valence-corrected chi connectivity index (χ2v) is 6.93. The van der Waals surface area contributed by atoms with Gasteiger partial charge >= 0.3 is 0 Å². The molecule has 4 rings (SSSR count). The van der Waals surface area contributed by atoms with Crippen LogP contribution in [0.3, 0.4) is 0 Å². The Balaban J connectivity index is 1.37. The summed E-state index contributed by atoms with van der Waals surface area (Å²) in [5.74, 6) is 1.90. The first-order valence-corrected chi connectivity index (χ1v) is 9.33. The lowest BCUT2D eigenvalue weighted by Crippen LogP contribution is -2.32. The molecule has 2 aliphatic heterocycles. The third kappa shape index (κ3) is 3.79. The Morgan fingerprint density at radius 3 is 2.81 bits per heavy atom. The molecule has 0 N–H and O–H groups in total. The van der Waals surface area contributed by atoms with Crippen molar-refractivity contribution >= 4 is 11.7 Å². The molecule has 136 valence electrons. The average molecular weight is 352 g/mol. The molecule has 2 aromatic rings. The van der Waals surface area contributed by atoms with Crippen LogP contribution < -0.4 is 9.64 Å². The van der Waals surface area contributed by atoms with Gasteiger partial charge in [0.2, 0.25) is 5.91 Å². The number of rotatable bonds is 5. The fourth-order valence-corrected chi connectivity index (χ4v) is 3.66. The Kier molecular flexibility index (Phi) is 5.00. The minimum Gasteiger partial charge on any atom is -0.485 e. The van der Waals surface area contributed by atoms with Crippen molar-refractivity contribution in [1.82, 2.24) is 14.9 Å². The topological polar surface area (TPSA) is 58.6 Å². The van der Waals surface area contributed by atoms with E-state index in [0.717, 1.165) is 43.2 Å². The zero-order chi connectivity index (χ0) is 17.8. The largest absolute Gasteiger partial charge is 0.485 e. The summed E-state index contributed by atoms with van der Waals surface area (Å²) >= 11 is 0. The zero-order valence-corrected chi connectivity index (χ0v) is 14.9. The highest BCUT2D eigenvalue weighted by molar-refractivity contribution is 5.79. The van der Waals surface area contributed by atoms with Gasteiger partial charge in [-0.15, -0.1) is 0 Å². The van der Waals surface area contributed by atoms with Gasteiger partial charge in [0.05, 0.1) is 13.0 Å². The third-order valence-electron chi connectivity index (χ3n) is 5.03. The second kappa shape index (κ2) is 7.72. The van der Waals surface area contributed by atoms with Crippen molar-refractivity contribution in [1.29, 1.82) is 0 Å². The number of hydrogen-bond acceptors (Lipinski definition) is 5. The lowest BCUT2D eigenvalue weighted by molar-refractivity contribution is -0.129. The van der Waals surface area contributed by atoms with Crippen LogP contribution in [0.5, 0.6) is 5.75 Å². The number of likely N-dealkylation sites (tertiary alicyclic amines) is 1. The van der Waals surface area contributed by atoms with Crippen molar-refractivity contribution in [3.05, 3.63) is 48.4 Å². The van der Waals surface area contributed by atoms with Crippen LogP contribution >= 0.6 is 0 Å². The molecule has 2 saturated heterocycles. The molecule has 0 aromatic carbocycles. The highest BCUT2D eigenvalue weighted by Gasteiger charge is 2.29. The van der Waals surface area contributed by atoms with Gasteiger partial charge in [0.15, 0.2) is 11.6 Å². The fraction of sp³-hybridized carbons (Fsp3) is 0.450. The summed E-state index contributed by atoms with van der Waals surface area (Å²) in [5, 5.41) is 0. The summed E-state index contributed by atoms with van der Waals surface area (Å²) in [7, 11) is 0. The van der Waals surface area contributed by atoms with E-state index in [-0.39, 0.29) is 12.0 Å². The highest BCUT2D eigenvalue weighted by atomic mass is 16.5. The predicted octanol–water partition coefficient (Wildman–Crippen LogP) is 2.30. The molecule has 1 unspecified atom stereocenters. The lowest BCUT2D eigenvalue weighted by atomic mass is 10.2. The first kappa shape index (κ1) is 16.8. The van der Waals surface area contributed by atoms with E-state index in [9.17, 15) is 4.79 Å². The van der Waals surface area contributed by atoms with Crippen molar-refractivity contribution < 1.29 is 9.53 Å². The van der Waals surface area contributed by atoms with Gasteiger partial charge in [-0.2, -0.15) is 0 Å². The zero-order valence-electron chi connectivity index (χ0n) is 14.9. The van der Waals surface area contributed by atoms with E-state index in [1.807, 2.05) is 35.4 Å². The highest BCUT2D eigenvalue weighted by Crippen LogP contribution is 2.30. The summed E-state index contributed by atoms with van der Waals surface area (Å²) in [6.07, 6.45) is 8.97. The standard InChI is InChI=1S/C20H24N4O2/c25-19(13-16-5-3-8-21-14-16)24-12-7-17(15-24)26-18-6-4-9-22-20(18)23-10-1-2-11-23/h3-6,8-9,14,17H,1-2,7,10-13,15H2. The molecule has 2 fully saturated rings. The van der Waals surface area contributed by atoms with Crippen LogP contribution in [0.4, 0.5) is 5.82 Å². The van der Waals surface area contributed by atoms with E-state index < -0.39 is 0 Å². The van der Waals surface area contributed by atoms with Gasteiger partial charge in [-0.1, -0.05) is 6.07 Å². The van der Waals surface area contributed by atoms with E-state index in [2.05, 4.69) is 14.9 Å². The molecule has 6 heteroatoms. The Hall–Kier alpha value is -2.63. The van der Waals surface area contributed by atoms with Gasteiger partial charge in [-0.05, 0) is 36.6 Å². The lowest BCUT2D eigenvalue weighted by Gasteiger charge is -2.22. The van der Waals surface area contributed by atoms with Gasteiger partial charge in [-0.25, -0.2) is 4.98 Å². The molecular formula is C20H24N4O2. The number of amides is 1. The second-order valence-electron chi connectivity index (χ2n) is 6.93. The third-order valence-corrected chi connectivity index (χ3v) is 5.03. The van der Waals surface area contributed by atoms with E-state index >= 15 is 0 Å². The molecular weight excluding hydrogens is 328 g/mol. The van der Waals surface area contributed by atoms with Crippen LogP contribution in [0, 0.1) is 0 Å². The molecule has 2 aliphatic rings. The minimum atomic E-state index is 0.0263. The van der Waals surface area contributed by atoms with Crippen LogP contribution in [0.1, 0.15) is 24.8 Å². The van der Waals surface area contributed by atoms with Crippen molar-refractivity contribution in [2.75, 3.05) is 31.1 Å². The summed E-state index contributed by atoms with van der Waals surface area (Å²) in [4.78, 5) is 25.3. The van der Waals surface area contributed by atoms with Crippen LogP contribution in [-0.4, -0.2) is 53.1 Å². The van der Waals surface area contributed by atoms with Gasteiger partial charge in [-0.3, -0.25) is 9.78 Å². The van der Waals surface area contributed by atoms with Crippen LogP contribution in [0.2, 0.25) is 0 Å². The van der Waals surface area contributed by atoms with E-state index in [1.165, 1.54) is 12.8 Å². The smallest absolute Gasteiger partial charge is 0.227 e. The Morgan fingerprint density at radius 1 is 1.15 bits per heavy atom. The summed E-state index contributed by atoms with van der Waals surface area (Å²) in [6, 6.07) is 7.70. The first-order valence-electron chi connectivity index (χ1n) is 9.33. The Labute approximate surface area is 153 Å². The SMILES string of the molecule is O=C(Cc1cccnc1)N1CCC(Oc2cccnc2N2CCCC2)C1. The molecule has 4 heterocycles. The molecule has 6 nitrogen and oxygen atoms in total. The van der Waals surface area contributed by atoms with Gasteiger partial charge in [0.1, 0.15) is 6.10 Å². The molecule has 0 spiro atoms. The summed E-state index contributed by atoms with van der Waals surface area (Å²) < 4.78 is 6.24. The maximum atomic E-state index is 12.5. The number of carbonyl (C=O) groups is 1. The first-order chi connectivity index (χ1) is 12.8. The monoisotopic (exact) mass is 352 g/mol. The van der Waals surface area contributed by atoms with Gasteiger partial charge < -0.3 is 14.5 Å². The number of hydrogen-bond donors (Lipinski definition) is 0. The molecule has 26 heavy (non-hydrogen) atoms. The molecule has 0 aliphatic carbocycles. The summed E-state index contributed by atoms with van der Waals surface area (Å²) in [5.41, 5.74) is 0.949. The van der Waals surface area contributed by atoms with Crippen LogP contribution in [0.15, 0.2) is 42.9 Å². The van der Waals surface area contributed by atoms with E-state index in [1.54, 1.807) is 12.4 Å². The number of anilines is 1. The maximum Gasteiger partial charge on any atom is 0.227 e. The Bertz CT molecular complexity index is 746. The number of nitrogens with zero attached hydrogens (tertiary/aromatic N) is 4. The molecule has 0 saturated carbocycles. The number of carbonyl (C=O) groups excluding carboxylic acids is 1. The van der Waals surface area contributed by atoms with Crippen LogP contribution in [-0.2, 0) is 11.2 Å². The number of ether oxygens (including phenoxy) is 1. The number of aromatic nitrogens is 2. The molecule has 0 bridgehead atoms. The van der Waals surface area contributed by atoms with E-state index in [4.69, 9.17) is 4.74 Å². The van der Waals surface area contributed by atoms with Gasteiger partial charge in [0, 0.05) is 44.6 Å². The van der Waals surface area contributed by atoms with Crippen molar-refractivity contribution in [2.45, 2.75) is 31.8 Å². The predicted molar refractivity (Wildman–Crippen MR) is 99.2 cm³/mol. The molecule has 1 amide bonds. The quantitative estimate of drug-likeness (QED) is 0.826. The minimum absolute atomic E-state index is 0.0263. The summed E-state index contributed by atoms with van der Waals surface area (Å²) in [6.45, 7) is 3.44. The molecule has 2 aromatic heterocycles. The molecule has 0 radical (unpaired) electrons. The Morgan fingerprint density at radius 2 is 2.00 bits per heavy atom. The normalized spacial score (nSPS) is 19.8. The number of pyridine rings is 2. The van der Waals surface area contributed by atoms with Crippen molar-refractivity contribution in [3.63, 3.8) is 0 Å². The van der Waals surface area contributed by atoms with Gasteiger partial charge in [0.25, 0.3) is 0 Å². The average Bonchev–Trinajstić information content (AvgIpc) is 3.35. The molecule has 1 atom stereocenters.